The van der Waals surface area contributed by atoms with Crippen molar-refractivity contribution in [1.82, 2.24) is 9.99 Å². The number of nitro groups is 1. The van der Waals surface area contributed by atoms with Gasteiger partial charge in [0.1, 0.15) is 0 Å². The van der Waals surface area contributed by atoms with Gasteiger partial charge in [0.15, 0.2) is 17.1 Å². The van der Waals surface area contributed by atoms with Crippen LogP contribution < -0.4 is 5.32 Å². The number of hydrogen-bond acceptors (Lipinski definition) is 8. The maximum absolute atomic E-state index is 11.2. The minimum absolute atomic E-state index is 0.0115. The van der Waals surface area contributed by atoms with Crippen molar-refractivity contribution in [3.8, 4) is 0 Å². The number of aliphatic imine (C=N–C) groups is 1. The number of nitrogens with zero attached hydrogens (tertiary/aromatic N) is 5. The summed E-state index contributed by atoms with van der Waals surface area (Å²) in [6, 6.07) is 22.3. The Kier molecular flexibility index (Phi) is 6.55. The Hall–Kier alpha value is -3.64. The van der Waals surface area contributed by atoms with E-state index < -0.39 is 11.1 Å². The summed E-state index contributed by atoms with van der Waals surface area (Å²) in [5.74, 6) is 0.659. The van der Waals surface area contributed by atoms with Crippen LogP contribution in [-0.4, -0.2) is 27.0 Å². The highest BCUT2D eigenvalue weighted by molar-refractivity contribution is 14.1. The summed E-state index contributed by atoms with van der Waals surface area (Å²) in [5.41, 5.74) is 4.26. The molecule has 4 aromatic rings. The number of rotatable bonds is 6. The molecular formula is C25H19IN6O2S. The first-order chi connectivity index (χ1) is 17.0. The average molecular weight is 594 g/mol. The Morgan fingerprint density at radius 1 is 1.14 bits per heavy atom. The molecule has 174 valence electrons. The molecule has 0 saturated carbocycles. The molecule has 0 amide bonds. The van der Waals surface area contributed by atoms with Gasteiger partial charge in [-0.3, -0.25) is 10.1 Å². The topological polar surface area (TPSA) is 96.0 Å². The van der Waals surface area contributed by atoms with E-state index in [0.717, 1.165) is 31.2 Å². The van der Waals surface area contributed by atoms with Crippen LogP contribution in [-0.2, 0) is 0 Å². The van der Waals surface area contributed by atoms with Gasteiger partial charge in [-0.25, -0.2) is 15.0 Å². The molecule has 0 saturated heterocycles. The van der Waals surface area contributed by atoms with Crippen LogP contribution in [0.2, 0.25) is 0 Å². The van der Waals surface area contributed by atoms with Crippen LogP contribution in [0.15, 0.2) is 88.3 Å². The molecule has 1 N–H and O–H groups in total. The number of halogens is 1. The fraction of sp³-hybridized carbons (Fsp3) is 0.0800. The van der Waals surface area contributed by atoms with Crippen LogP contribution >= 0.6 is 33.9 Å². The van der Waals surface area contributed by atoms with Crippen LogP contribution in [0.1, 0.15) is 28.6 Å². The monoisotopic (exact) mass is 594 g/mol. The number of non-ortho nitro benzene ring substituents is 1. The van der Waals surface area contributed by atoms with Crippen LogP contribution in [0, 0.1) is 20.6 Å². The summed E-state index contributed by atoms with van der Waals surface area (Å²) in [5, 5.41) is 24.1. The quantitative estimate of drug-likeness (QED) is 0.119. The minimum atomic E-state index is -0.414. The average Bonchev–Trinajstić information content (AvgIpc) is 3.28. The molecule has 1 aliphatic heterocycles. The molecule has 35 heavy (non-hydrogen) atoms. The summed E-state index contributed by atoms with van der Waals surface area (Å²) in [4.78, 5) is 20.4. The number of hydrazone groups is 1. The maximum Gasteiger partial charge on any atom is 0.270 e. The smallest absolute Gasteiger partial charge is 0.270 e. The van der Waals surface area contributed by atoms with E-state index in [9.17, 15) is 10.1 Å². The summed E-state index contributed by atoms with van der Waals surface area (Å²) in [6.45, 7) is 1.95. The van der Waals surface area contributed by atoms with Gasteiger partial charge in [-0.1, -0.05) is 42.5 Å². The lowest BCUT2D eigenvalue weighted by Crippen LogP contribution is -2.38. The first-order valence-electron chi connectivity index (χ1n) is 10.7. The van der Waals surface area contributed by atoms with Gasteiger partial charge in [0.05, 0.1) is 22.5 Å². The predicted octanol–water partition coefficient (Wildman–Crippen LogP) is 6.50. The SMILES string of the molecule is Cc1csc(NC2c3cc(I)ccc3N=C(c3ccccc3)N2/N=C/c2cccc([N+](=O)[O-])c2)n1. The van der Waals surface area contributed by atoms with Crippen molar-refractivity contribution in [3.05, 3.63) is 114 Å². The highest BCUT2D eigenvalue weighted by Gasteiger charge is 2.32. The highest BCUT2D eigenvalue weighted by atomic mass is 127. The largest absolute Gasteiger partial charge is 0.336 e. The second kappa shape index (κ2) is 9.92. The molecule has 0 bridgehead atoms. The zero-order chi connectivity index (χ0) is 24.4. The third kappa shape index (κ3) is 5.08. The molecule has 0 aliphatic carbocycles. The third-order valence-electron chi connectivity index (χ3n) is 5.30. The van der Waals surface area contributed by atoms with Gasteiger partial charge in [-0.05, 0) is 47.7 Å². The second-order valence-corrected chi connectivity index (χ2v) is 9.89. The molecule has 5 rings (SSSR count). The van der Waals surface area contributed by atoms with Gasteiger partial charge >= 0.3 is 0 Å². The zero-order valence-electron chi connectivity index (χ0n) is 18.5. The number of nitrogens with one attached hydrogen (secondary N) is 1. The lowest BCUT2D eigenvalue weighted by atomic mass is 10.1. The highest BCUT2D eigenvalue weighted by Crippen LogP contribution is 2.38. The number of benzene rings is 3. The van der Waals surface area contributed by atoms with Crippen LogP contribution in [0.25, 0.3) is 0 Å². The Morgan fingerprint density at radius 2 is 1.97 bits per heavy atom. The van der Waals surface area contributed by atoms with Crippen molar-refractivity contribution in [1.29, 1.82) is 0 Å². The number of nitro benzene ring substituents is 1. The third-order valence-corrected chi connectivity index (χ3v) is 6.86. The van der Waals surface area contributed by atoms with Gasteiger partial charge in [-0.2, -0.15) is 5.10 Å². The summed E-state index contributed by atoms with van der Waals surface area (Å²) in [7, 11) is 0. The fourth-order valence-electron chi connectivity index (χ4n) is 3.69. The first-order valence-corrected chi connectivity index (χ1v) is 12.6. The van der Waals surface area contributed by atoms with Gasteiger partial charge in [-0.15, -0.1) is 11.3 Å². The van der Waals surface area contributed by atoms with Crippen molar-refractivity contribution in [2.24, 2.45) is 10.1 Å². The van der Waals surface area contributed by atoms with Gasteiger partial charge in [0.25, 0.3) is 5.69 Å². The molecule has 10 heteroatoms. The van der Waals surface area contributed by atoms with Crippen molar-refractivity contribution in [3.63, 3.8) is 0 Å². The fourth-order valence-corrected chi connectivity index (χ4v) is 4.92. The standard InChI is InChI=1S/C25H19IN6O2S/c1-16-15-35-25(28-16)30-24-21-13-19(26)10-11-22(21)29-23(18-7-3-2-4-8-18)31(24)27-14-17-6-5-9-20(12-17)32(33)34/h2-15,24H,1H3,(H,28,30)/b27-14+. The van der Waals surface area contributed by atoms with Crippen molar-refractivity contribution in [2.45, 2.75) is 13.1 Å². The van der Waals surface area contributed by atoms with E-state index in [4.69, 9.17) is 10.1 Å². The van der Waals surface area contributed by atoms with E-state index in [1.54, 1.807) is 18.3 Å². The van der Waals surface area contributed by atoms with E-state index in [2.05, 4.69) is 39.0 Å². The molecule has 1 unspecified atom stereocenters. The number of thiazole rings is 1. The first kappa shape index (κ1) is 23.1. The van der Waals surface area contributed by atoms with E-state index in [0.29, 0.717) is 11.4 Å². The van der Waals surface area contributed by atoms with Gasteiger partial charge in [0.2, 0.25) is 0 Å². The minimum Gasteiger partial charge on any atom is -0.336 e. The molecule has 1 aromatic heterocycles. The van der Waals surface area contributed by atoms with E-state index in [1.807, 2.05) is 59.8 Å². The lowest BCUT2D eigenvalue weighted by molar-refractivity contribution is -0.384. The summed E-state index contributed by atoms with van der Waals surface area (Å²) >= 11 is 3.81. The van der Waals surface area contributed by atoms with E-state index in [-0.39, 0.29) is 5.69 Å². The zero-order valence-corrected chi connectivity index (χ0v) is 21.5. The lowest BCUT2D eigenvalue weighted by Gasteiger charge is -2.35. The number of fused-ring (bicyclic) bond motifs is 1. The molecule has 0 fully saturated rings. The summed E-state index contributed by atoms with van der Waals surface area (Å²) in [6.07, 6.45) is 1.22. The predicted molar refractivity (Wildman–Crippen MR) is 148 cm³/mol. The van der Waals surface area contributed by atoms with E-state index >= 15 is 0 Å². The van der Waals surface area contributed by atoms with Gasteiger partial charge in [0, 0.05) is 37.8 Å². The number of aryl methyl sites for hydroxylation is 1. The van der Waals surface area contributed by atoms with Crippen LogP contribution in [0.4, 0.5) is 16.5 Å². The van der Waals surface area contributed by atoms with Crippen LogP contribution in [0.3, 0.4) is 0 Å². The van der Waals surface area contributed by atoms with Crippen molar-refractivity contribution < 1.29 is 4.92 Å². The Morgan fingerprint density at radius 3 is 2.71 bits per heavy atom. The Labute approximate surface area is 219 Å². The normalized spacial score (nSPS) is 15.1. The number of hydrogen-bond donors (Lipinski definition) is 1. The number of anilines is 1. The molecule has 1 atom stereocenters. The Bertz CT molecular complexity index is 1450. The Balaban J connectivity index is 1.64. The summed E-state index contributed by atoms with van der Waals surface area (Å²) < 4.78 is 1.07. The molecule has 2 heterocycles. The molecule has 0 radical (unpaired) electrons. The molecule has 1 aliphatic rings. The van der Waals surface area contributed by atoms with Crippen LogP contribution in [0.5, 0.6) is 0 Å². The van der Waals surface area contributed by atoms with Gasteiger partial charge < -0.3 is 5.32 Å². The molecule has 3 aromatic carbocycles. The van der Waals surface area contributed by atoms with E-state index in [1.165, 1.54) is 23.5 Å². The van der Waals surface area contributed by atoms with Crippen molar-refractivity contribution in [2.75, 3.05) is 5.32 Å². The molecule has 0 spiro atoms. The number of aromatic nitrogens is 1. The second-order valence-electron chi connectivity index (χ2n) is 7.79. The van der Waals surface area contributed by atoms with Crippen molar-refractivity contribution >= 4 is 62.5 Å². The molecule has 8 nitrogen and oxygen atoms in total. The maximum atomic E-state index is 11.2. The number of amidine groups is 1. The molecular weight excluding hydrogens is 575 g/mol.